The van der Waals surface area contributed by atoms with Gasteiger partial charge in [-0.3, -0.25) is 9.36 Å². The van der Waals surface area contributed by atoms with E-state index in [1.807, 2.05) is 4.57 Å². The summed E-state index contributed by atoms with van der Waals surface area (Å²) in [6.45, 7) is -3.13. The lowest BCUT2D eigenvalue weighted by atomic mass is 9.70. The molecule has 0 bridgehead atoms. The van der Waals surface area contributed by atoms with Crippen LogP contribution in [0.1, 0.15) is 25.1 Å². The number of nitrogens with one attached hydrogen (secondary N) is 1. The number of hydrogen-bond donors (Lipinski definition) is 4. The minimum atomic E-state index is -3.67. The molecule has 6 heterocycles. The van der Waals surface area contributed by atoms with Crippen molar-refractivity contribution in [1.29, 1.82) is 0 Å². The maximum absolute atomic E-state index is 12.7. The summed E-state index contributed by atoms with van der Waals surface area (Å²) in [4.78, 5) is 47.7. The standard InChI is InChI=1S/C24H29N10O7PS/c1-38-6-12-4-15(33-10-29-17-19(25)27-9-28-20(17)33)14(12)8-40-42(37,43)39-7-13-5-16(35)23(41-13)34-11-30-18-21(34)31-24-26-2-3-32(24)22(18)36/h2-3,9-16,23,35H,4-8H2,1H3,(H,26,31)(H,37,43)(H2,25,27,28)/t12-,13+,14-,15-,16-,23-,42?/m1/s1. The topological polar surface area (TPSA) is 215 Å². The highest BCUT2D eigenvalue weighted by Crippen LogP contribution is 2.51. The molecule has 2 fully saturated rings. The first-order chi connectivity index (χ1) is 20.7. The number of imidazole rings is 3. The minimum Gasteiger partial charge on any atom is -0.388 e. The van der Waals surface area contributed by atoms with Crippen molar-refractivity contribution in [1.82, 2.24) is 43.4 Å². The number of nitrogens with zero attached hydrogens (tertiary/aromatic N) is 8. The van der Waals surface area contributed by atoms with Crippen molar-refractivity contribution in [2.45, 2.75) is 37.3 Å². The van der Waals surface area contributed by atoms with Gasteiger partial charge in [-0.1, -0.05) is 0 Å². The molecule has 17 nitrogen and oxygen atoms in total. The number of H-pyrrole nitrogens is 1. The van der Waals surface area contributed by atoms with Gasteiger partial charge in [-0.25, -0.2) is 29.3 Å². The van der Waals surface area contributed by atoms with Gasteiger partial charge in [0.05, 0.1) is 32.0 Å². The molecule has 1 saturated heterocycles. The fourth-order valence-corrected chi connectivity index (χ4v) is 7.11. The van der Waals surface area contributed by atoms with E-state index in [0.29, 0.717) is 35.0 Å². The van der Waals surface area contributed by atoms with Crippen LogP contribution in [0.3, 0.4) is 0 Å². The lowest BCUT2D eigenvalue weighted by Crippen LogP contribution is -2.43. The number of aromatic amines is 1. The van der Waals surface area contributed by atoms with Crippen LogP contribution in [-0.4, -0.2) is 92.6 Å². The summed E-state index contributed by atoms with van der Waals surface area (Å²) in [5, 5.41) is 10.8. The molecule has 19 heteroatoms. The molecular weight excluding hydrogens is 603 g/mol. The average Bonchev–Trinajstić information content (AvgIpc) is 3.76. The molecule has 0 radical (unpaired) electrons. The van der Waals surface area contributed by atoms with Gasteiger partial charge in [0.1, 0.15) is 23.6 Å². The fourth-order valence-electron chi connectivity index (χ4n) is 5.96. The van der Waals surface area contributed by atoms with Crippen LogP contribution in [0.15, 0.2) is 36.2 Å². The van der Waals surface area contributed by atoms with E-state index in [1.165, 1.54) is 29.4 Å². The Morgan fingerprint density at radius 3 is 2.74 bits per heavy atom. The second-order valence-electron chi connectivity index (χ2n) is 10.7. The number of aliphatic hydroxyl groups excluding tert-OH is 1. The quantitative estimate of drug-likeness (QED) is 0.155. The number of hydrogen-bond acceptors (Lipinski definition) is 13. The van der Waals surface area contributed by atoms with Crippen molar-refractivity contribution in [3.05, 3.63) is 41.7 Å². The average molecular weight is 633 g/mol. The first kappa shape index (κ1) is 28.4. The van der Waals surface area contributed by atoms with Gasteiger partial charge in [0.15, 0.2) is 23.2 Å². The van der Waals surface area contributed by atoms with Crippen LogP contribution in [0.2, 0.25) is 0 Å². The Morgan fingerprint density at radius 2 is 1.91 bits per heavy atom. The molecule has 5 aromatic heterocycles. The summed E-state index contributed by atoms with van der Waals surface area (Å²) < 4.78 is 27.7. The van der Waals surface area contributed by atoms with Crippen LogP contribution >= 0.6 is 6.72 Å². The number of fused-ring (bicyclic) bond motifs is 3. The molecular formula is C24H29N10O7PS. The summed E-state index contributed by atoms with van der Waals surface area (Å²) in [5.74, 6) is 0.744. The second kappa shape index (κ2) is 11.0. The maximum atomic E-state index is 12.7. The van der Waals surface area contributed by atoms with Gasteiger partial charge in [0.25, 0.3) is 5.56 Å². The number of rotatable bonds is 10. The van der Waals surface area contributed by atoms with Gasteiger partial charge in [-0.2, -0.15) is 0 Å². The highest BCUT2D eigenvalue weighted by atomic mass is 32.5. The molecule has 1 aliphatic heterocycles. The number of anilines is 1. The predicted molar refractivity (Wildman–Crippen MR) is 154 cm³/mol. The molecule has 2 aliphatic rings. The predicted octanol–water partition coefficient (Wildman–Crippen LogP) is 0.516. The Kier molecular flexibility index (Phi) is 7.26. The molecule has 7 rings (SSSR count). The molecule has 1 saturated carbocycles. The van der Waals surface area contributed by atoms with Gasteiger partial charge in [0, 0.05) is 44.5 Å². The summed E-state index contributed by atoms with van der Waals surface area (Å²) in [6.07, 6.45) is 6.15. The summed E-state index contributed by atoms with van der Waals surface area (Å²) in [5.41, 5.74) is 7.30. The maximum Gasteiger partial charge on any atom is 0.324 e. The van der Waals surface area contributed by atoms with E-state index >= 15 is 0 Å². The smallest absolute Gasteiger partial charge is 0.324 e. The molecule has 0 spiro atoms. The Hall–Kier alpha value is -3.35. The van der Waals surface area contributed by atoms with E-state index in [-0.39, 0.29) is 48.6 Å². The number of nitrogens with two attached hydrogens (primary N) is 1. The molecule has 5 aromatic rings. The molecule has 228 valence electrons. The zero-order valence-electron chi connectivity index (χ0n) is 22.8. The van der Waals surface area contributed by atoms with Gasteiger partial charge in [-0.05, 0) is 24.1 Å². The number of methoxy groups -OCH3 is 1. The monoisotopic (exact) mass is 632 g/mol. The van der Waals surface area contributed by atoms with E-state index in [1.54, 1.807) is 18.0 Å². The van der Waals surface area contributed by atoms with Crippen LogP contribution < -0.4 is 11.3 Å². The highest BCUT2D eigenvalue weighted by molar-refractivity contribution is 8.07. The summed E-state index contributed by atoms with van der Waals surface area (Å²) >= 11 is 5.31. The van der Waals surface area contributed by atoms with Crippen molar-refractivity contribution in [3.8, 4) is 0 Å². The third-order valence-electron chi connectivity index (χ3n) is 8.15. The molecule has 7 atom stereocenters. The van der Waals surface area contributed by atoms with E-state index in [4.69, 9.17) is 36.1 Å². The first-order valence-electron chi connectivity index (χ1n) is 13.5. The Bertz CT molecular complexity index is 1910. The highest BCUT2D eigenvalue weighted by Gasteiger charge is 2.44. The SMILES string of the molecule is COC[C@H]1C[C@@H](n2cnc3c(N)ncnc32)[C@@H]1COP(O)(=S)OC[C@@H]1C[C@@H](O)[C@H](n2cnc3c(=O)n4ccnc4[nH]c32)O1. The third kappa shape index (κ3) is 5.02. The zero-order chi connectivity index (χ0) is 29.9. The molecule has 43 heavy (non-hydrogen) atoms. The number of nitrogen functional groups attached to an aromatic ring is 1. The van der Waals surface area contributed by atoms with Crippen molar-refractivity contribution in [2.24, 2.45) is 11.8 Å². The molecule has 5 N–H and O–H groups in total. The molecule has 0 aromatic carbocycles. The van der Waals surface area contributed by atoms with Gasteiger partial charge in [-0.15, -0.1) is 0 Å². The Labute approximate surface area is 247 Å². The van der Waals surface area contributed by atoms with Crippen LogP contribution in [0.4, 0.5) is 5.82 Å². The molecule has 1 aliphatic carbocycles. The molecule has 1 unspecified atom stereocenters. The number of ether oxygens (including phenoxy) is 2. The van der Waals surface area contributed by atoms with E-state index in [2.05, 4.69) is 29.9 Å². The van der Waals surface area contributed by atoms with E-state index < -0.39 is 25.2 Å². The first-order valence-corrected chi connectivity index (χ1v) is 16.1. The number of aliphatic hydroxyl groups is 1. The third-order valence-corrected chi connectivity index (χ3v) is 9.73. The summed E-state index contributed by atoms with van der Waals surface area (Å²) in [6, 6.07) is -0.0248. The van der Waals surface area contributed by atoms with Gasteiger partial charge < -0.3 is 43.8 Å². The normalized spacial score (nSPS) is 27.2. The van der Waals surface area contributed by atoms with Crippen LogP contribution in [0, 0.1) is 11.8 Å². The lowest BCUT2D eigenvalue weighted by Gasteiger charge is -2.45. The lowest BCUT2D eigenvalue weighted by molar-refractivity contribution is -0.0492. The molecule has 0 amide bonds. The Morgan fingerprint density at radius 1 is 1.12 bits per heavy atom. The van der Waals surface area contributed by atoms with Crippen molar-refractivity contribution >= 4 is 52.4 Å². The minimum absolute atomic E-state index is 0.0248. The van der Waals surface area contributed by atoms with Crippen molar-refractivity contribution in [2.75, 3.05) is 32.7 Å². The largest absolute Gasteiger partial charge is 0.388 e. The number of aromatic nitrogens is 9. The van der Waals surface area contributed by atoms with Crippen molar-refractivity contribution < 1.29 is 28.5 Å². The van der Waals surface area contributed by atoms with E-state index in [0.717, 1.165) is 6.42 Å². The fraction of sp³-hybridized carbons (Fsp3) is 0.500. The van der Waals surface area contributed by atoms with Crippen LogP contribution in [-0.2, 0) is 30.3 Å². The van der Waals surface area contributed by atoms with Crippen LogP contribution in [0.25, 0.3) is 28.1 Å². The zero-order valence-corrected chi connectivity index (χ0v) is 24.5. The van der Waals surface area contributed by atoms with Crippen LogP contribution in [0.5, 0.6) is 0 Å². The van der Waals surface area contributed by atoms with Gasteiger partial charge in [0.2, 0.25) is 5.78 Å². The second-order valence-corrected chi connectivity index (χ2v) is 13.5. The van der Waals surface area contributed by atoms with E-state index in [9.17, 15) is 14.8 Å². The Balaban J connectivity index is 0.998. The van der Waals surface area contributed by atoms with Gasteiger partial charge >= 0.3 is 6.72 Å². The van der Waals surface area contributed by atoms with Crippen molar-refractivity contribution in [3.63, 3.8) is 0 Å². The summed E-state index contributed by atoms with van der Waals surface area (Å²) in [7, 11) is 1.64.